The molecular weight excluding hydrogens is 335 g/mol. The molecule has 132 valence electrons. The minimum absolute atomic E-state index is 0.115. The molecule has 0 unspecified atom stereocenters. The van der Waals surface area contributed by atoms with Crippen molar-refractivity contribution in [2.45, 2.75) is 19.9 Å². The average molecular weight is 352 g/mol. The number of phenols is 1. The van der Waals surface area contributed by atoms with Crippen LogP contribution in [0.2, 0.25) is 0 Å². The van der Waals surface area contributed by atoms with Gasteiger partial charge >= 0.3 is 0 Å². The molecule has 0 saturated heterocycles. The lowest BCUT2D eigenvalue weighted by molar-refractivity contribution is 0.371. The number of aromatic nitrogens is 2. The first-order chi connectivity index (χ1) is 12.5. The van der Waals surface area contributed by atoms with E-state index in [0.29, 0.717) is 35.6 Å². The monoisotopic (exact) mass is 352 g/mol. The van der Waals surface area contributed by atoms with E-state index in [9.17, 15) is 14.3 Å². The van der Waals surface area contributed by atoms with Crippen LogP contribution in [0, 0.1) is 12.7 Å². The molecule has 0 spiro atoms. The van der Waals surface area contributed by atoms with Crippen LogP contribution in [0.25, 0.3) is 22.6 Å². The first kappa shape index (κ1) is 16.3. The number of rotatable bonds is 2. The highest BCUT2D eigenvalue weighted by Gasteiger charge is 2.21. The van der Waals surface area contributed by atoms with E-state index < -0.39 is 11.4 Å². The standard InChI is InChI=1S/C20H17FN2O3/c1-11-7-12(9-17(26-2)18(11)24)8-13-5-6-23-16-4-3-14(21)10-15(16)20(25)22-19(13)23/h3-4,7-10,24H,5-6H2,1-2H3/b13-8+. The predicted octanol–water partition coefficient (Wildman–Crippen LogP) is 3.50. The second-order valence-corrected chi connectivity index (χ2v) is 6.36. The van der Waals surface area contributed by atoms with Gasteiger partial charge in [-0.2, -0.15) is 4.98 Å². The third-order valence-electron chi connectivity index (χ3n) is 4.68. The molecule has 2 heterocycles. The molecular formula is C20H17FN2O3. The average Bonchev–Trinajstić information content (AvgIpc) is 3.00. The fourth-order valence-corrected chi connectivity index (χ4v) is 3.41. The first-order valence-corrected chi connectivity index (χ1v) is 8.26. The largest absolute Gasteiger partial charge is 0.504 e. The summed E-state index contributed by atoms with van der Waals surface area (Å²) in [5.74, 6) is 0.661. The molecule has 2 aromatic carbocycles. The molecule has 0 atom stereocenters. The van der Waals surface area contributed by atoms with E-state index in [1.165, 1.54) is 19.2 Å². The molecule has 6 heteroatoms. The number of ether oxygens (including phenoxy) is 1. The second-order valence-electron chi connectivity index (χ2n) is 6.36. The molecule has 5 nitrogen and oxygen atoms in total. The normalized spacial score (nSPS) is 14.8. The summed E-state index contributed by atoms with van der Waals surface area (Å²) in [6.45, 7) is 2.47. The van der Waals surface area contributed by atoms with Gasteiger partial charge in [-0.25, -0.2) is 4.39 Å². The van der Waals surface area contributed by atoms with Crippen molar-refractivity contribution in [3.63, 3.8) is 0 Å². The number of nitrogens with zero attached hydrogens (tertiary/aromatic N) is 2. The van der Waals surface area contributed by atoms with Crippen LogP contribution >= 0.6 is 0 Å². The van der Waals surface area contributed by atoms with Gasteiger partial charge in [0, 0.05) is 6.54 Å². The Balaban J connectivity index is 1.88. The summed E-state index contributed by atoms with van der Waals surface area (Å²) in [4.78, 5) is 16.5. The van der Waals surface area contributed by atoms with Crippen LogP contribution in [0.3, 0.4) is 0 Å². The highest BCUT2D eigenvalue weighted by Crippen LogP contribution is 2.34. The Bertz CT molecular complexity index is 1130. The number of benzene rings is 2. The topological polar surface area (TPSA) is 64.4 Å². The molecule has 1 aliphatic heterocycles. The number of hydrogen-bond donors (Lipinski definition) is 1. The van der Waals surface area contributed by atoms with Gasteiger partial charge in [0.25, 0.3) is 5.56 Å². The Morgan fingerprint density at radius 2 is 2.12 bits per heavy atom. The van der Waals surface area contributed by atoms with Crippen molar-refractivity contribution in [3.8, 4) is 11.5 Å². The van der Waals surface area contributed by atoms with Crippen molar-refractivity contribution >= 4 is 22.6 Å². The molecule has 1 N–H and O–H groups in total. The molecule has 0 fully saturated rings. The molecule has 26 heavy (non-hydrogen) atoms. The maximum atomic E-state index is 13.5. The van der Waals surface area contributed by atoms with Crippen molar-refractivity contribution in [1.29, 1.82) is 0 Å². The summed E-state index contributed by atoms with van der Waals surface area (Å²) in [6, 6.07) is 7.79. The fourth-order valence-electron chi connectivity index (χ4n) is 3.41. The van der Waals surface area contributed by atoms with Crippen LogP contribution in [0.4, 0.5) is 4.39 Å². The Hall–Kier alpha value is -3.15. The molecule has 1 aromatic heterocycles. The Labute approximate surface area is 149 Å². The molecule has 0 bridgehead atoms. The predicted molar refractivity (Wildman–Crippen MR) is 97.8 cm³/mol. The van der Waals surface area contributed by atoms with Crippen LogP contribution in [-0.2, 0) is 6.54 Å². The van der Waals surface area contributed by atoms with Crippen molar-refractivity contribution in [2.75, 3.05) is 7.11 Å². The quantitative estimate of drug-likeness (QED) is 0.767. The fraction of sp³-hybridized carbons (Fsp3) is 0.200. The molecule has 0 saturated carbocycles. The first-order valence-electron chi connectivity index (χ1n) is 8.26. The van der Waals surface area contributed by atoms with E-state index >= 15 is 0 Å². The Kier molecular flexibility index (Phi) is 3.76. The van der Waals surface area contributed by atoms with Crippen molar-refractivity contribution in [1.82, 2.24) is 9.55 Å². The zero-order chi connectivity index (χ0) is 18.4. The number of methoxy groups -OCH3 is 1. The third kappa shape index (κ3) is 2.54. The van der Waals surface area contributed by atoms with Gasteiger partial charge in [0.2, 0.25) is 0 Å². The van der Waals surface area contributed by atoms with Gasteiger partial charge in [0.1, 0.15) is 11.6 Å². The number of aryl methyl sites for hydroxylation is 2. The van der Waals surface area contributed by atoms with Crippen LogP contribution < -0.4 is 10.3 Å². The molecule has 0 amide bonds. The van der Waals surface area contributed by atoms with Gasteiger partial charge in [0.15, 0.2) is 11.5 Å². The molecule has 1 aliphatic rings. The molecule has 3 aromatic rings. The summed E-state index contributed by atoms with van der Waals surface area (Å²) >= 11 is 0. The highest BCUT2D eigenvalue weighted by atomic mass is 19.1. The maximum absolute atomic E-state index is 13.5. The van der Waals surface area contributed by atoms with E-state index in [4.69, 9.17) is 4.74 Å². The van der Waals surface area contributed by atoms with Crippen LogP contribution in [0.5, 0.6) is 11.5 Å². The van der Waals surface area contributed by atoms with Crippen LogP contribution in [0.15, 0.2) is 35.1 Å². The summed E-state index contributed by atoms with van der Waals surface area (Å²) in [5.41, 5.74) is 2.73. The molecule has 0 aliphatic carbocycles. The van der Waals surface area contributed by atoms with Crippen molar-refractivity contribution in [3.05, 3.63) is 63.5 Å². The number of allylic oxidation sites excluding steroid dienone is 1. The SMILES string of the molecule is COc1cc(/C=C2\CCn3c2nc(=O)c2cc(F)ccc23)cc(C)c1O. The molecule has 0 radical (unpaired) electrons. The van der Waals surface area contributed by atoms with E-state index in [-0.39, 0.29) is 11.1 Å². The van der Waals surface area contributed by atoms with Crippen molar-refractivity contribution < 1.29 is 14.2 Å². The maximum Gasteiger partial charge on any atom is 0.281 e. The summed E-state index contributed by atoms with van der Waals surface area (Å²) in [6.07, 6.45) is 2.65. The number of fused-ring (bicyclic) bond motifs is 3. The lowest BCUT2D eigenvalue weighted by atomic mass is 10.1. The minimum atomic E-state index is -0.447. The van der Waals surface area contributed by atoms with Crippen molar-refractivity contribution in [2.24, 2.45) is 0 Å². The van der Waals surface area contributed by atoms with E-state index in [1.807, 2.05) is 16.7 Å². The van der Waals surface area contributed by atoms with E-state index in [1.54, 1.807) is 19.1 Å². The van der Waals surface area contributed by atoms with Gasteiger partial charge in [-0.05, 0) is 66.5 Å². The van der Waals surface area contributed by atoms with E-state index in [2.05, 4.69) is 4.98 Å². The van der Waals surface area contributed by atoms with Gasteiger partial charge < -0.3 is 14.4 Å². The van der Waals surface area contributed by atoms with Crippen LogP contribution in [0.1, 0.15) is 23.4 Å². The summed E-state index contributed by atoms with van der Waals surface area (Å²) in [7, 11) is 1.50. The Morgan fingerprint density at radius 1 is 1.31 bits per heavy atom. The smallest absolute Gasteiger partial charge is 0.281 e. The van der Waals surface area contributed by atoms with Gasteiger partial charge in [-0.15, -0.1) is 0 Å². The second kappa shape index (κ2) is 5.98. The minimum Gasteiger partial charge on any atom is -0.504 e. The van der Waals surface area contributed by atoms with Crippen LogP contribution in [-0.4, -0.2) is 21.8 Å². The lowest BCUT2D eigenvalue weighted by Gasteiger charge is -2.09. The highest BCUT2D eigenvalue weighted by molar-refractivity contribution is 5.86. The summed E-state index contributed by atoms with van der Waals surface area (Å²) in [5, 5.41) is 10.3. The van der Waals surface area contributed by atoms with E-state index in [0.717, 1.165) is 11.1 Å². The third-order valence-corrected chi connectivity index (χ3v) is 4.68. The zero-order valence-corrected chi connectivity index (χ0v) is 14.4. The number of aromatic hydroxyl groups is 1. The summed E-state index contributed by atoms with van der Waals surface area (Å²) < 4.78 is 20.6. The van der Waals surface area contributed by atoms with Gasteiger partial charge in [0.05, 0.1) is 18.0 Å². The van der Waals surface area contributed by atoms with Gasteiger partial charge in [-0.1, -0.05) is 0 Å². The Morgan fingerprint density at radius 3 is 2.88 bits per heavy atom. The number of phenolic OH excluding ortho intramolecular Hbond substituents is 1. The molecule has 4 rings (SSSR count). The lowest BCUT2D eigenvalue weighted by Crippen LogP contribution is -2.14. The number of halogens is 1. The number of hydrogen-bond acceptors (Lipinski definition) is 4. The zero-order valence-electron chi connectivity index (χ0n) is 14.4. The van der Waals surface area contributed by atoms with Gasteiger partial charge in [-0.3, -0.25) is 4.79 Å².